The van der Waals surface area contributed by atoms with Gasteiger partial charge in [0.1, 0.15) is 12.2 Å². The molecule has 0 atom stereocenters. The van der Waals surface area contributed by atoms with Crippen LogP contribution in [0.5, 0.6) is 0 Å². The molecule has 1 heterocycles. The molecule has 0 saturated carbocycles. The van der Waals surface area contributed by atoms with Crippen LogP contribution in [0.3, 0.4) is 0 Å². The summed E-state index contributed by atoms with van der Waals surface area (Å²) in [7, 11) is 0. The predicted octanol–water partition coefficient (Wildman–Crippen LogP) is 1.65. The lowest BCUT2D eigenvalue weighted by molar-refractivity contribution is -0.136. The molecule has 1 aromatic rings. The van der Waals surface area contributed by atoms with E-state index in [-0.39, 0.29) is 6.42 Å². The Morgan fingerprint density at radius 1 is 1.73 bits per heavy atom. The summed E-state index contributed by atoms with van der Waals surface area (Å²) in [6, 6.07) is 1.64. The van der Waals surface area contributed by atoms with Crippen molar-refractivity contribution in [3.63, 3.8) is 0 Å². The van der Waals surface area contributed by atoms with Crippen molar-refractivity contribution in [1.82, 2.24) is 0 Å². The minimum absolute atomic E-state index is 0.0864. The molecule has 1 rings (SSSR count). The van der Waals surface area contributed by atoms with Gasteiger partial charge in [0.25, 0.3) is 0 Å². The van der Waals surface area contributed by atoms with Crippen molar-refractivity contribution < 1.29 is 14.3 Å². The number of furan rings is 1. The van der Waals surface area contributed by atoms with Crippen LogP contribution in [0.1, 0.15) is 11.3 Å². The van der Waals surface area contributed by atoms with Gasteiger partial charge in [0.05, 0.1) is 12.1 Å². The second kappa shape index (κ2) is 3.44. The van der Waals surface area contributed by atoms with Crippen molar-refractivity contribution in [2.75, 3.05) is 0 Å². The van der Waals surface area contributed by atoms with Gasteiger partial charge in [-0.15, -0.1) is 11.6 Å². The molecule has 0 fully saturated rings. The predicted molar refractivity (Wildman–Crippen MR) is 39.6 cm³/mol. The Morgan fingerprint density at radius 2 is 2.45 bits per heavy atom. The Bertz CT molecular complexity index is 254. The number of carbonyl (C=O) groups is 1. The Kier molecular flexibility index (Phi) is 2.54. The summed E-state index contributed by atoms with van der Waals surface area (Å²) in [6.45, 7) is 0. The van der Waals surface area contributed by atoms with E-state index < -0.39 is 5.97 Å². The molecule has 0 bridgehead atoms. The second-order valence-corrected chi connectivity index (χ2v) is 2.39. The maximum Gasteiger partial charge on any atom is 0.311 e. The molecular formula is C7H7ClO3. The molecule has 0 spiro atoms. The van der Waals surface area contributed by atoms with Crippen LogP contribution >= 0.6 is 11.6 Å². The highest BCUT2D eigenvalue weighted by atomic mass is 35.5. The van der Waals surface area contributed by atoms with Crippen LogP contribution < -0.4 is 0 Å². The Hall–Kier alpha value is -0.960. The minimum atomic E-state index is -0.902. The van der Waals surface area contributed by atoms with Crippen molar-refractivity contribution in [2.45, 2.75) is 12.3 Å². The molecule has 0 aliphatic heterocycles. The largest absolute Gasteiger partial charge is 0.481 e. The molecule has 0 unspecified atom stereocenters. The molecule has 0 saturated heterocycles. The van der Waals surface area contributed by atoms with E-state index in [9.17, 15) is 4.79 Å². The fourth-order valence-corrected chi connectivity index (χ4v) is 0.878. The van der Waals surface area contributed by atoms with Gasteiger partial charge in [0.15, 0.2) is 0 Å². The van der Waals surface area contributed by atoms with Crippen LogP contribution in [0.2, 0.25) is 0 Å². The van der Waals surface area contributed by atoms with Crippen molar-refractivity contribution in [1.29, 1.82) is 0 Å². The SMILES string of the molecule is O=C(O)Cc1cc(CCl)co1. The van der Waals surface area contributed by atoms with E-state index in [4.69, 9.17) is 21.1 Å². The lowest BCUT2D eigenvalue weighted by Crippen LogP contribution is -1.97. The highest BCUT2D eigenvalue weighted by molar-refractivity contribution is 6.17. The smallest absolute Gasteiger partial charge is 0.311 e. The van der Waals surface area contributed by atoms with Crippen LogP contribution in [-0.2, 0) is 17.1 Å². The van der Waals surface area contributed by atoms with Gasteiger partial charge in [-0.2, -0.15) is 0 Å². The molecule has 60 valence electrons. The number of hydrogen-bond donors (Lipinski definition) is 1. The molecule has 3 nitrogen and oxygen atoms in total. The molecule has 4 heteroatoms. The fraction of sp³-hybridized carbons (Fsp3) is 0.286. The van der Waals surface area contributed by atoms with Gasteiger partial charge in [-0.05, 0) is 6.07 Å². The third kappa shape index (κ3) is 2.27. The first-order valence-corrected chi connectivity index (χ1v) is 3.60. The van der Waals surface area contributed by atoms with Crippen molar-refractivity contribution in [2.24, 2.45) is 0 Å². The summed E-state index contributed by atoms with van der Waals surface area (Å²) in [4.78, 5) is 10.2. The number of rotatable bonds is 3. The Labute approximate surface area is 68.6 Å². The van der Waals surface area contributed by atoms with Gasteiger partial charge >= 0.3 is 5.97 Å². The maximum absolute atomic E-state index is 10.2. The fourth-order valence-electron chi connectivity index (χ4n) is 0.738. The van der Waals surface area contributed by atoms with Gasteiger partial charge in [0.2, 0.25) is 0 Å². The van der Waals surface area contributed by atoms with Crippen LogP contribution in [0.15, 0.2) is 16.7 Å². The lowest BCUT2D eigenvalue weighted by Gasteiger charge is -1.85. The summed E-state index contributed by atoms with van der Waals surface area (Å²) in [5.74, 6) is -0.114. The van der Waals surface area contributed by atoms with Gasteiger partial charge in [-0.1, -0.05) is 0 Å². The normalized spacial score (nSPS) is 9.91. The number of hydrogen-bond acceptors (Lipinski definition) is 2. The Morgan fingerprint density at radius 3 is 2.91 bits per heavy atom. The number of alkyl halides is 1. The molecule has 0 aliphatic rings. The molecule has 0 aliphatic carbocycles. The highest BCUT2D eigenvalue weighted by Gasteiger charge is 2.04. The van der Waals surface area contributed by atoms with Crippen LogP contribution in [0.25, 0.3) is 0 Å². The van der Waals surface area contributed by atoms with E-state index in [0.29, 0.717) is 11.6 Å². The molecule has 11 heavy (non-hydrogen) atoms. The van der Waals surface area contributed by atoms with E-state index in [2.05, 4.69) is 0 Å². The van der Waals surface area contributed by atoms with Crippen molar-refractivity contribution in [3.8, 4) is 0 Å². The van der Waals surface area contributed by atoms with Crippen LogP contribution in [0.4, 0.5) is 0 Å². The molecule has 1 N–H and O–H groups in total. The van der Waals surface area contributed by atoms with E-state index in [0.717, 1.165) is 5.56 Å². The maximum atomic E-state index is 10.2. The molecular weight excluding hydrogens is 168 g/mol. The summed E-state index contributed by atoms with van der Waals surface area (Å²) in [5, 5.41) is 8.36. The van der Waals surface area contributed by atoms with Crippen LogP contribution in [0, 0.1) is 0 Å². The zero-order valence-electron chi connectivity index (χ0n) is 5.71. The third-order valence-electron chi connectivity index (χ3n) is 1.19. The summed E-state index contributed by atoms with van der Waals surface area (Å²) < 4.78 is 4.90. The zero-order chi connectivity index (χ0) is 8.27. The Balaban J connectivity index is 2.65. The van der Waals surface area contributed by atoms with Crippen LogP contribution in [-0.4, -0.2) is 11.1 Å². The standard InChI is InChI=1S/C7H7ClO3/c8-3-5-1-6(11-4-5)2-7(9)10/h1,4H,2-3H2,(H,9,10). The highest BCUT2D eigenvalue weighted by Crippen LogP contribution is 2.10. The summed E-state index contributed by atoms with van der Waals surface area (Å²) in [6.07, 6.45) is 1.38. The van der Waals surface area contributed by atoms with Gasteiger partial charge < -0.3 is 9.52 Å². The van der Waals surface area contributed by atoms with Crippen molar-refractivity contribution in [3.05, 3.63) is 23.7 Å². The second-order valence-electron chi connectivity index (χ2n) is 2.13. The monoisotopic (exact) mass is 174 g/mol. The topological polar surface area (TPSA) is 50.4 Å². The molecule has 0 radical (unpaired) electrons. The van der Waals surface area contributed by atoms with E-state index in [1.165, 1.54) is 6.26 Å². The van der Waals surface area contributed by atoms with Gasteiger partial charge in [-0.3, -0.25) is 4.79 Å². The summed E-state index contributed by atoms with van der Waals surface area (Å²) >= 11 is 5.47. The molecule has 0 aromatic carbocycles. The number of halogens is 1. The van der Waals surface area contributed by atoms with E-state index in [1.807, 2.05) is 0 Å². The first kappa shape index (κ1) is 8.14. The quantitative estimate of drug-likeness (QED) is 0.709. The lowest BCUT2D eigenvalue weighted by atomic mass is 10.3. The summed E-state index contributed by atoms with van der Waals surface area (Å²) in [5.41, 5.74) is 0.808. The zero-order valence-corrected chi connectivity index (χ0v) is 6.47. The molecule has 1 aromatic heterocycles. The van der Waals surface area contributed by atoms with Gasteiger partial charge in [0, 0.05) is 5.56 Å². The van der Waals surface area contributed by atoms with Gasteiger partial charge in [-0.25, -0.2) is 0 Å². The number of aliphatic carboxylic acids is 1. The molecule has 0 amide bonds. The first-order valence-electron chi connectivity index (χ1n) is 3.06. The number of carboxylic acid groups (broad SMARTS) is 1. The third-order valence-corrected chi connectivity index (χ3v) is 1.50. The van der Waals surface area contributed by atoms with E-state index in [1.54, 1.807) is 6.07 Å². The van der Waals surface area contributed by atoms with E-state index >= 15 is 0 Å². The average Bonchev–Trinajstić information content (AvgIpc) is 2.34. The van der Waals surface area contributed by atoms with Crippen molar-refractivity contribution >= 4 is 17.6 Å². The average molecular weight is 175 g/mol. The first-order chi connectivity index (χ1) is 5.22. The minimum Gasteiger partial charge on any atom is -0.481 e. The number of carboxylic acids is 1.